The van der Waals surface area contributed by atoms with E-state index >= 15 is 0 Å². The van der Waals surface area contributed by atoms with Crippen LogP contribution in [0, 0.1) is 5.41 Å². The molecule has 3 heteroatoms. The highest BCUT2D eigenvalue weighted by molar-refractivity contribution is 5.13. The van der Waals surface area contributed by atoms with Crippen molar-refractivity contribution in [2.75, 3.05) is 13.2 Å². The predicted octanol–water partition coefficient (Wildman–Crippen LogP) is 1.78. The molecule has 0 saturated carbocycles. The number of hydrogen-bond donors (Lipinski definition) is 1. The van der Waals surface area contributed by atoms with Gasteiger partial charge in [-0.15, -0.1) is 0 Å². The van der Waals surface area contributed by atoms with Gasteiger partial charge in [0.2, 0.25) is 5.79 Å². The van der Waals surface area contributed by atoms with E-state index in [9.17, 15) is 0 Å². The summed E-state index contributed by atoms with van der Waals surface area (Å²) in [7, 11) is 0. The van der Waals surface area contributed by atoms with Crippen molar-refractivity contribution in [3.63, 3.8) is 0 Å². The Balaban J connectivity index is 2.12. The molecule has 2 aliphatic rings. The third-order valence-corrected chi connectivity index (χ3v) is 2.91. The molecule has 3 nitrogen and oxygen atoms in total. The molecule has 1 fully saturated rings. The van der Waals surface area contributed by atoms with E-state index in [0.717, 1.165) is 38.2 Å². The van der Waals surface area contributed by atoms with E-state index in [1.54, 1.807) is 0 Å². The van der Waals surface area contributed by atoms with Crippen molar-refractivity contribution in [2.24, 2.45) is 11.1 Å². The Morgan fingerprint density at radius 1 is 1.29 bits per heavy atom. The first-order valence-corrected chi connectivity index (χ1v) is 5.28. The van der Waals surface area contributed by atoms with Crippen molar-refractivity contribution in [1.82, 2.24) is 0 Å². The van der Waals surface area contributed by atoms with Gasteiger partial charge in [-0.25, -0.2) is 0 Å². The van der Waals surface area contributed by atoms with Gasteiger partial charge in [-0.2, -0.15) is 0 Å². The van der Waals surface area contributed by atoms with Gasteiger partial charge in [0.1, 0.15) is 0 Å². The Bertz CT molecular complexity index is 248. The Labute approximate surface area is 85.3 Å². The predicted molar refractivity (Wildman–Crippen MR) is 54.5 cm³/mol. The summed E-state index contributed by atoms with van der Waals surface area (Å²) in [4.78, 5) is 0. The average molecular weight is 197 g/mol. The van der Waals surface area contributed by atoms with Crippen LogP contribution in [0.2, 0.25) is 0 Å². The highest BCUT2D eigenvalue weighted by atomic mass is 16.7. The molecule has 1 saturated heterocycles. The number of nitrogens with two attached hydrogens (primary N) is 1. The Kier molecular flexibility index (Phi) is 2.32. The Morgan fingerprint density at radius 3 is 2.50 bits per heavy atom. The quantitative estimate of drug-likeness (QED) is 0.644. The molecule has 80 valence electrons. The van der Waals surface area contributed by atoms with Gasteiger partial charge in [0.15, 0.2) is 0 Å². The van der Waals surface area contributed by atoms with Crippen LogP contribution in [0.4, 0.5) is 0 Å². The molecule has 0 aromatic rings. The lowest BCUT2D eigenvalue weighted by molar-refractivity contribution is -0.283. The molecule has 1 heterocycles. The first-order chi connectivity index (χ1) is 6.54. The summed E-state index contributed by atoms with van der Waals surface area (Å²) in [5, 5.41) is 0. The number of ether oxygens (including phenoxy) is 2. The van der Waals surface area contributed by atoms with E-state index in [0.29, 0.717) is 0 Å². The summed E-state index contributed by atoms with van der Waals surface area (Å²) in [5.41, 5.74) is 6.82. The third-order valence-electron chi connectivity index (χ3n) is 2.91. The lowest BCUT2D eigenvalue weighted by Gasteiger charge is -2.45. The average Bonchev–Trinajstić information content (AvgIpc) is 2.15. The van der Waals surface area contributed by atoms with Crippen molar-refractivity contribution in [3.8, 4) is 0 Å². The van der Waals surface area contributed by atoms with Gasteiger partial charge in [-0.05, 0) is 12.8 Å². The van der Waals surface area contributed by atoms with E-state index in [4.69, 9.17) is 15.2 Å². The van der Waals surface area contributed by atoms with Crippen molar-refractivity contribution >= 4 is 0 Å². The normalized spacial score (nSPS) is 30.0. The maximum absolute atomic E-state index is 5.94. The topological polar surface area (TPSA) is 44.5 Å². The minimum Gasteiger partial charge on any atom is -0.398 e. The molecule has 14 heavy (non-hydrogen) atoms. The van der Waals surface area contributed by atoms with Gasteiger partial charge < -0.3 is 15.2 Å². The first-order valence-electron chi connectivity index (χ1n) is 5.28. The zero-order valence-corrected chi connectivity index (χ0v) is 9.01. The maximum Gasteiger partial charge on any atom is 0.209 e. The SMILES string of the molecule is CC1(C)COC2(CCCC=C2N)OC1. The fourth-order valence-corrected chi connectivity index (χ4v) is 1.91. The second-order valence-corrected chi connectivity index (χ2v) is 5.05. The van der Waals surface area contributed by atoms with Gasteiger partial charge in [-0.3, -0.25) is 0 Å². The largest absolute Gasteiger partial charge is 0.398 e. The van der Waals surface area contributed by atoms with Gasteiger partial charge >= 0.3 is 0 Å². The zero-order valence-electron chi connectivity index (χ0n) is 9.01. The smallest absolute Gasteiger partial charge is 0.209 e. The van der Waals surface area contributed by atoms with E-state index in [1.807, 2.05) is 6.08 Å². The minimum absolute atomic E-state index is 0.114. The summed E-state index contributed by atoms with van der Waals surface area (Å²) in [5.74, 6) is -0.590. The molecule has 1 aliphatic carbocycles. The second-order valence-electron chi connectivity index (χ2n) is 5.05. The van der Waals surface area contributed by atoms with Gasteiger partial charge in [0.25, 0.3) is 0 Å². The van der Waals surface area contributed by atoms with Gasteiger partial charge in [0.05, 0.1) is 18.9 Å². The zero-order chi connectivity index (χ0) is 10.2. The molecule has 0 atom stereocenters. The Morgan fingerprint density at radius 2 is 1.93 bits per heavy atom. The molecular formula is C11H19NO2. The summed E-state index contributed by atoms with van der Waals surface area (Å²) < 4.78 is 11.6. The molecule has 1 spiro atoms. The van der Waals surface area contributed by atoms with Crippen LogP contribution >= 0.6 is 0 Å². The van der Waals surface area contributed by atoms with Crippen LogP contribution in [-0.4, -0.2) is 19.0 Å². The van der Waals surface area contributed by atoms with E-state index < -0.39 is 5.79 Å². The van der Waals surface area contributed by atoms with Crippen LogP contribution in [0.1, 0.15) is 33.1 Å². The van der Waals surface area contributed by atoms with Crippen molar-refractivity contribution in [2.45, 2.75) is 38.9 Å². The van der Waals surface area contributed by atoms with Crippen LogP contribution in [-0.2, 0) is 9.47 Å². The molecule has 0 radical (unpaired) electrons. The summed E-state index contributed by atoms with van der Waals surface area (Å²) in [6.07, 6.45) is 5.07. The van der Waals surface area contributed by atoms with Crippen molar-refractivity contribution in [1.29, 1.82) is 0 Å². The summed E-state index contributed by atoms with van der Waals surface area (Å²) in [6, 6.07) is 0. The van der Waals surface area contributed by atoms with E-state index in [1.165, 1.54) is 0 Å². The lowest BCUT2D eigenvalue weighted by atomic mass is 9.91. The fraction of sp³-hybridized carbons (Fsp3) is 0.818. The third kappa shape index (κ3) is 1.66. The maximum atomic E-state index is 5.94. The molecule has 2 N–H and O–H groups in total. The Hall–Kier alpha value is -0.540. The molecule has 0 aromatic carbocycles. The standard InChI is InChI=1S/C11H19NO2/c1-10(2)7-13-11(14-8-10)6-4-3-5-9(11)12/h5H,3-4,6-8,12H2,1-2H3. The molecule has 2 rings (SSSR count). The molecule has 0 aromatic heterocycles. The highest BCUT2D eigenvalue weighted by Gasteiger charge is 2.43. The highest BCUT2D eigenvalue weighted by Crippen LogP contribution is 2.38. The van der Waals surface area contributed by atoms with Crippen LogP contribution in [0.5, 0.6) is 0 Å². The molecule has 0 amide bonds. The number of rotatable bonds is 0. The fourth-order valence-electron chi connectivity index (χ4n) is 1.91. The van der Waals surface area contributed by atoms with Gasteiger partial charge in [0, 0.05) is 11.8 Å². The van der Waals surface area contributed by atoms with Gasteiger partial charge in [-0.1, -0.05) is 19.9 Å². The summed E-state index contributed by atoms with van der Waals surface area (Å²) in [6.45, 7) is 5.73. The van der Waals surface area contributed by atoms with Crippen LogP contribution in [0.3, 0.4) is 0 Å². The molecule has 0 unspecified atom stereocenters. The number of allylic oxidation sites excluding steroid dienone is 1. The lowest BCUT2D eigenvalue weighted by Crippen LogP contribution is -2.51. The second kappa shape index (κ2) is 3.24. The molecule has 1 aliphatic heterocycles. The van der Waals surface area contributed by atoms with Crippen LogP contribution < -0.4 is 5.73 Å². The minimum atomic E-state index is -0.590. The van der Waals surface area contributed by atoms with E-state index in [2.05, 4.69) is 13.8 Å². The molecular weight excluding hydrogens is 178 g/mol. The van der Waals surface area contributed by atoms with E-state index in [-0.39, 0.29) is 5.41 Å². The van der Waals surface area contributed by atoms with Crippen molar-refractivity contribution < 1.29 is 9.47 Å². The number of hydrogen-bond acceptors (Lipinski definition) is 3. The molecule has 0 bridgehead atoms. The first kappa shape index (κ1) is 9.99. The van der Waals surface area contributed by atoms with Crippen molar-refractivity contribution in [3.05, 3.63) is 11.8 Å². The summed E-state index contributed by atoms with van der Waals surface area (Å²) >= 11 is 0. The van der Waals surface area contributed by atoms with Crippen LogP contribution in [0.25, 0.3) is 0 Å². The van der Waals surface area contributed by atoms with Crippen LogP contribution in [0.15, 0.2) is 11.8 Å². The monoisotopic (exact) mass is 197 g/mol.